The third-order valence-electron chi connectivity index (χ3n) is 3.24. The van der Waals surface area contributed by atoms with Gasteiger partial charge in [0.1, 0.15) is 5.75 Å². The summed E-state index contributed by atoms with van der Waals surface area (Å²) < 4.78 is 6.47. The third-order valence-corrected chi connectivity index (χ3v) is 4.48. The van der Waals surface area contributed by atoms with Crippen molar-refractivity contribution in [2.45, 2.75) is 13.0 Å². The molecule has 21 heavy (non-hydrogen) atoms. The molecule has 1 unspecified atom stereocenters. The molecule has 0 fully saturated rings. The summed E-state index contributed by atoms with van der Waals surface area (Å²) in [6.07, 6.45) is -0.550. The molecule has 0 bridgehead atoms. The lowest BCUT2D eigenvalue weighted by Crippen LogP contribution is -2.23. The molecule has 0 N–H and O–H groups in total. The van der Waals surface area contributed by atoms with Gasteiger partial charge in [0.05, 0.1) is 9.21 Å². The lowest BCUT2D eigenvalue weighted by atomic mass is 10.1. The maximum Gasteiger partial charge on any atom is 0.212 e. The molecule has 2 aromatic carbocycles. The average molecular weight is 317 g/mol. The van der Waals surface area contributed by atoms with Gasteiger partial charge in [-0.2, -0.15) is 0 Å². The summed E-state index contributed by atoms with van der Waals surface area (Å²) >= 11 is 7.15. The van der Waals surface area contributed by atoms with E-state index in [1.54, 1.807) is 19.1 Å². The normalized spacial score (nSPS) is 12.3. The minimum atomic E-state index is -0.550. The molecule has 0 aliphatic rings. The minimum absolute atomic E-state index is 0.0557. The van der Waals surface area contributed by atoms with E-state index in [2.05, 4.69) is 0 Å². The SMILES string of the molecule is CC(Oc1cccc2ccccc12)C(=O)c1ccc(Cl)s1. The first-order valence-electron chi connectivity index (χ1n) is 6.59. The van der Waals surface area contributed by atoms with Crippen LogP contribution in [0.2, 0.25) is 4.34 Å². The molecule has 0 saturated carbocycles. The number of hydrogen-bond donors (Lipinski definition) is 0. The first kappa shape index (κ1) is 14.1. The van der Waals surface area contributed by atoms with Gasteiger partial charge in [0, 0.05) is 5.39 Å². The molecular formula is C17H13ClO2S. The highest BCUT2D eigenvalue weighted by atomic mass is 35.5. The van der Waals surface area contributed by atoms with Gasteiger partial charge < -0.3 is 4.74 Å². The van der Waals surface area contributed by atoms with Gasteiger partial charge in [-0.05, 0) is 30.5 Å². The number of ether oxygens (including phenoxy) is 1. The zero-order valence-electron chi connectivity index (χ0n) is 11.4. The monoisotopic (exact) mass is 316 g/mol. The Morgan fingerprint density at radius 2 is 1.86 bits per heavy atom. The van der Waals surface area contributed by atoms with Crippen LogP contribution in [0.15, 0.2) is 54.6 Å². The first-order valence-corrected chi connectivity index (χ1v) is 7.78. The molecule has 3 aromatic rings. The van der Waals surface area contributed by atoms with E-state index in [0.29, 0.717) is 9.21 Å². The van der Waals surface area contributed by atoms with Gasteiger partial charge in [-0.15, -0.1) is 11.3 Å². The minimum Gasteiger partial charge on any atom is -0.482 e. The van der Waals surface area contributed by atoms with Gasteiger partial charge in [0.2, 0.25) is 5.78 Å². The molecule has 0 aliphatic carbocycles. The van der Waals surface area contributed by atoms with Crippen LogP contribution in [0, 0.1) is 0 Å². The molecule has 2 nitrogen and oxygen atoms in total. The van der Waals surface area contributed by atoms with Crippen molar-refractivity contribution in [1.29, 1.82) is 0 Å². The van der Waals surface area contributed by atoms with E-state index in [9.17, 15) is 4.79 Å². The number of ketones is 1. The van der Waals surface area contributed by atoms with Crippen molar-refractivity contribution < 1.29 is 9.53 Å². The fourth-order valence-corrected chi connectivity index (χ4v) is 3.25. The number of Topliss-reactive ketones (excluding diaryl/α,β-unsaturated/α-hetero) is 1. The van der Waals surface area contributed by atoms with Gasteiger partial charge in [-0.25, -0.2) is 0 Å². The van der Waals surface area contributed by atoms with Crippen LogP contribution in [0.3, 0.4) is 0 Å². The fraction of sp³-hybridized carbons (Fsp3) is 0.118. The Bertz CT molecular complexity index is 789. The van der Waals surface area contributed by atoms with E-state index in [0.717, 1.165) is 16.5 Å². The Morgan fingerprint density at radius 1 is 1.10 bits per heavy atom. The number of rotatable bonds is 4. The molecule has 1 aromatic heterocycles. The van der Waals surface area contributed by atoms with Crippen LogP contribution in [-0.4, -0.2) is 11.9 Å². The van der Waals surface area contributed by atoms with Crippen LogP contribution < -0.4 is 4.74 Å². The summed E-state index contributed by atoms with van der Waals surface area (Å²) in [7, 11) is 0. The Hall–Kier alpha value is -1.84. The van der Waals surface area contributed by atoms with Gasteiger partial charge in [0.25, 0.3) is 0 Å². The average Bonchev–Trinajstić information content (AvgIpc) is 2.93. The Balaban J connectivity index is 1.86. The molecule has 4 heteroatoms. The number of thiophene rings is 1. The molecule has 1 heterocycles. The van der Waals surface area contributed by atoms with Gasteiger partial charge >= 0.3 is 0 Å². The van der Waals surface area contributed by atoms with Crippen molar-refractivity contribution in [1.82, 2.24) is 0 Å². The Morgan fingerprint density at radius 3 is 2.62 bits per heavy atom. The second-order valence-electron chi connectivity index (χ2n) is 4.71. The summed E-state index contributed by atoms with van der Waals surface area (Å²) in [4.78, 5) is 12.9. The van der Waals surface area contributed by atoms with Crippen LogP contribution in [0.25, 0.3) is 10.8 Å². The number of carbonyl (C=O) groups excluding carboxylic acids is 1. The smallest absolute Gasteiger partial charge is 0.212 e. The lowest BCUT2D eigenvalue weighted by Gasteiger charge is -2.14. The maximum atomic E-state index is 12.3. The lowest BCUT2D eigenvalue weighted by molar-refractivity contribution is 0.0825. The van der Waals surface area contributed by atoms with Gasteiger partial charge in [0.15, 0.2) is 6.10 Å². The topological polar surface area (TPSA) is 26.3 Å². The van der Waals surface area contributed by atoms with Crippen molar-refractivity contribution in [3.8, 4) is 5.75 Å². The van der Waals surface area contributed by atoms with E-state index in [1.807, 2.05) is 42.5 Å². The van der Waals surface area contributed by atoms with Crippen LogP contribution in [0.5, 0.6) is 5.75 Å². The van der Waals surface area contributed by atoms with E-state index < -0.39 is 6.10 Å². The van der Waals surface area contributed by atoms with Gasteiger partial charge in [-0.1, -0.05) is 48.0 Å². The Labute approximate surface area is 131 Å². The maximum absolute atomic E-state index is 12.3. The Kier molecular flexibility index (Phi) is 3.95. The largest absolute Gasteiger partial charge is 0.482 e. The number of carbonyl (C=O) groups is 1. The molecule has 3 rings (SSSR count). The summed E-state index contributed by atoms with van der Waals surface area (Å²) in [5.74, 6) is 0.663. The number of benzene rings is 2. The standard InChI is InChI=1S/C17H13ClO2S/c1-11(17(19)15-9-10-16(18)21-15)20-14-8-4-6-12-5-2-3-7-13(12)14/h2-11H,1H3. The third kappa shape index (κ3) is 2.94. The molecule has 0 amide bonds. The van der Waals surface area contributed by atoms with Gasteiger partial charge in [-0.3, -0.25) is 4.79 Å². The number of fused-ring (bicyclic) bond motifs is 1. The quantitative estimate of drug-likeness (QED) is 0.618. The second kappa shape index (κ2) is 5.88. The van der Waals surface area contributed by atoms with Crippen LogP contribution >= 0.6 is 22.9 Å². The van der Waals surface area contributed by atoms with E-state index in [4.69, 9.17) is 16.3 Å². The molecule has 0 aliphatic heterocycles. The molecule has 0 saturated heterocycles. The van der Waals surface area contributed by atoms with Crippen LogP contribution in [-0.2, 0) is 0 Å². The fourth-order valence-electron chi connectivity index (χ4n) is 2.19. The molecule has 106 valence electrons. The summed E-state index contributed by atoms with van der Waals surface area (Å²) in [6, 6.07) is 17.2. The zero-order chi connectivity index (χ0) is 14.8. The molecule has 0 radical (unpaired) electrons. The van der Waals surface area contributed by atoms with E-state index >= 15 is 0 Å². The molecule has 1 atom stereocenters. The predicted molar refractivity (Wildman–Crippen MR) is 87.7 cm³/mol. The molecular weight excluding hydrogens is 304 g/mol. The summed E-state index contributed by atoms with van der Waals surface area (Å²) in [6.45, 7) is 1.76. The van der Waals surface area contributed by atoms with Crippen molar-refractivity contribution in [2.24, 2.45) is 0 Å². The number of halogens is 1. The predicted octanol–water partition coefficient (Wildman–Crippen LogP) is 5.20. The van der Waals surface area contributed by atoms with E-state index in [1.165, 1.54) is 11.3 Å². The highest BCUT2D eigenvalue weighted by Gasteiger charge is 2.19. The van der Waals surface area contributed by atoms with Crippen molar-refractivity contribution >= 4 is 39.5 Å². The summed E-state index contributed by atoms with van der Waals surface area (Å²) in [5.41, 5.74) is 0. The van der Waals surface area contributed by atoms with Crippen molar-refractivity contribution in [3.63, 3.8) is 0 Å². The van der Waals surface area contributed by atoms with Crippen LogP contribution in [0.1, 0.15) is 16.6 Å². The highest BCUT2D eigenvalue weighted by molar-refractivity contribution is 7.18. The highest BCUT2D eigenvalue weighted by Crippen LogP contribution is 2.28. The van der Waals surface area contributed by atoms with Crippen molar-refractivity contribution in [2.75, 3.05) is 0 Å². The second-order valence-corrected chi connectivity index (χ2v) is 6.42. The summed E-state index contributed by atoms with van der Waals surface area (Å²) in [5, 5.41) is 2.10. The van der Waals surface area contributed by atoms with E-state index in [-0.39, 0.29) is 5.78 Å². The zero-order valence-corrected chi connectivity index (χ0v) is 12.9. The van der Waals surface area contributed by atoms with Crippen molar-refractivity contribution in [3.05, 3.63) is 63.8 Å². The van der Waals surface area contributed by atoms with Crippen LogP contribution in [0.4, 0.5) is 0 Å². The first-order chi connectivity index (χ1) is 10.1. The molecule has 0 spiro atoms. The number of hydrogen-bond acceptors (Lipinski definition) is 3.